The summed E-state index contributed by atoms with van der Waals surface area (Å²) < 4.78 is 0. The van der Waals surface area contributed by atoms with Crippen LogP contribution in [0.25, 0.3) is 0 Å². The van der Waals surface area contributed by atoms with Gasteiger partial charge in [0.2, 0.25) is 0 Å². The van der Waals surface area contributed by atoms with Gasteiger partial charge >= 0.3 is 0 Å². The molecule has 1 aromatic rings. The Labute approximate surface area is 196 Å². The second kappa shape index (κ2) is 28.4. The molecule has 0 amide bonds. The van der Waals surface area contributed by atoms with E-state index in [0.29, 0.717) is 0 Å². The molecule has 0 radical (unpaired) electrons. The van der Waals surface area contributed by atoms with Crippen molar-refractivity contribution >= 4 is 12.4 Å². The van der Waals surface area contributed by atoms with E-state index < -0.39 is 0 Å². The van der Waals surface area contributed by atoms with E-state index in [2.05, 4.69) is 37.3 Å². The van der Waals surface area contributed by atoms with E-state index in [-0.39, 0.29) is 18.6 Å². The van der Waals surface area contributed by atoms with Crippen LogP contribution in [0.1, 0.15) is 115 Å². The van der Waals surface area contributed by atoms with E-state index in [0.717, 1.165) is 0 Å². The predicted octanol–water partition coefficient (Wildman–Crippen LogP) is 9.25. The first kappa shape index (κ1) is 34.1. The van der Waals surface area contributed by atoms with Crippen molar-refractivity contribution in [2.24, 2.45) is 0 Å². The maximum Gasteiger partial charge on any atom is -0.0140 e. The Kier molecular flexibility index (Phi) is 32.3. The van der Waals surface area contributed by atoms with Crippen LogP contribution in [0.5, 0.6) is 0 Å². The van der Waals surface area contributed by atoms with Gasteiger partial charge < -0.3 is 11.1 Å². The number of halogens is 1. The van der Waals surface area contributed by atoms with Crippen LogP contribution in [0.3, 0.4) is 0 Å². The quantitative estimate of drug-likeness (QED) is 0.244. The van der Waals surface area contributed by atoms with Crippen LogP contribution >= 0.6 is 12.4 Å². The van der Waals surface area contributed by atoms with Gasteiger partial charge in [-0.25, -0.2) is 0 Å². The third kappa shape index (κ3) is 29.6. The van der Waals surface area contributed by atoms with E-state index in [9.17, 15) is 0 Å². The van der Waals surface area contributed by atoms with E-state index in [1.54, 1.807) is 0 Å². The molecule has 0 heterocycles. The van der Waals surface area contributed by atoms with Crippen molar-refractivity contribution in [3.05, 3.63) is 35.9 Å². The zero-order valence-corrected chi connectivity index (χ0v) is 21.8. The standard InChI is InChI=1S/C24H42.C3H9N.ClH.H3N/c1-2-3-4-5-6-7-8-9-10-11-12-13-14-15-16-18-21-24-22-19-17-20-23-24;1-4(2)3;;/h17,19-20,22-23H,2-16,18,21H2,1H3;1-3H3;1H;1H3. The number of aryl methyl sites for hydroxylation is 1. The Bertz CT molecular complexity index is 392. The number of hydrogen-bond acceptors (Lipinski definition) is 2. The second-order valence-corrected chi connectivity index (χ2v) is 8.88. The summed E-state index contributed by atoms with van der Waals surface area (Å²) in [4.78, 5) is 2.00. The van der Waals surface area contributed by atoms with Gasteiger partial charge in [0.05, 0.1) is 0 Å². The monoisotopic (exact) mass is 442 g/mol. The fraction of sp³-hybridized carbons (Fsp3) is 0.778. The van der Waals surface area contributed by atoms with E-state index in [1.807, 2.05) is 26.0 Å². The Hall–Kier alpha value is -0.570. The molecule has 0 aliphatic heterocycles. The summed E-state index contributed by atoms with van der Waals surface area (Å²) >= 11 is 0. The van der Waals surface area contributed by atoms with Crippen molar-refractivity contribution in [3.8, 4) is 0 Å². The molecule has 1 aromatic carbocycles. The largest absolute Gasteiger partial charge is 0.344 e. The Morgan fingerprint density at radius 2 is 0.833 bits per heavy atom. The summed E-state index contributed by atoms with van der Waals surface area (Å²) in [6.45, 7) is 2.30. The van der Waals surface area contributed by atoms with Crippen molar-refractivity contribution < 1.29 is 0 Å². The Morgan fingerprint density at radius 3 is 1.17 bits per heavy atom. The lowest BCUT2D eigenvalue weighted by Gasteiger charge is -2.04. The van der Waals surface area contributed by atoms with Crippen LogP contribution in [0.4, 0.5) is 0 Å². The molecule has 2 nitrogen and oxygen atoms in total. The van der Waals surface area contributed by atoms with Gasteiger partial charge in [0.15, 0.2) is 0 Å². The molecule has 3 heteroatoms. The summed E-state index contributed by atoms with van der Waals surface area (Å²) in [6, 6.07) is 10.9. The van der Waals surface area contributed by atoms with Gasteiger partial charge in [-0.05, 0) is 39.5 Å². The Morgan fingerprint density at radius 1 is 0.533 bits per heavy atom. The molecule has 180 valence electrons. The fourth-order valence-corrected chi connectivity index (χ4v) is 3.52. The molecule has 0 bridgehead atoms. The average Bonchev–Trinajstić information content (AvgIpc) is 2.68. The third-order valence-electron chi connectivity index (χ3n) is 5.16. The van der Waals surface area contributed by atoms with E-state index in [1.165, 1.54) is 115 Å². The van der Waals surface area contributed by atoms with Crippen molar-refractivity contribution in [2.45, 2.75) is 116 Å². The summed E-state index contributed by atoms with van der Waals surface area (Å²) in [5, 5.41) is 0. The number of unbranched alkanes of at least 4 members (excludes halogenated alkanes) is 15. The second-order valence-electron chi connectivity index (χ2n) is 8.88. The lowest BCUT2D eigenvalue weighted by molar-refractivity contribution is 0.505. The first-order valence-corrected chi connectivity index (χ1v) is 12.3. The summed E-state index contributed by atoms with van der Waals surface area (Å²) in [7, 11) is 6.00. The lowest BCUT2D eigenvalue weighted by atomic mass is 10.0. The molecule has 0 aromatic heterocycles. The molecular formula is C27H55ClN2. The molecule has 3 N–H and O–H groups in total. The van der Waals surface area contributed by atoms with Crippen LogP contribution in [0.2, 0.25) is 0 Å². The molecule has 30 heavy (non-hydrogen) atoms. The highest BCUT2D eigenvalue weighted by atomic mass is 35.5. The van der Waals surface area contributed by atoms with Crippen LogP contribution in [-0.4, -0.2) is 26.0 Å². The van der Waals surface area contributed by atoms with Crippen LogP contribution < -0.4 is 6.15 Å². The molecule has 0 atom stereocenters. The van der Waals surface area contributed by atoms with Gasteiger partial charge in [0.25, 0.3) is 0 Å². The van der Waals surface area contributed by atoms with Gasteiger partial charge in [-0.15, -0.1) is 12.4 Å². The highest BCUT2D eigenvalue weighted by molar-refractivity contribution is 5.85. The van der Waals surface area contributed by atoms with Crippen molar-refractivity contribution in [3.63, 3.8) is 0 Å². The molecule has 0 saturated carbocycles. The van der Waals surface area contributed by atoms with Crippen LogP contribution in [0, 0.1) is 0 Å². The van der Waals surface area contributed by atoms with Crippen LogP contribution in [-0.2, 0) is 6.42 Å². The predicted molar refractivity (Wildman–Crippen MR) is 142 cm³/mol. The van der Waals surface area contributed by atoms with Crippen molar-refractivity contribution in [1.82, 2.24) is 11.1 Å². The molecular weight excluding hydrogens is 388 g/mol. The molecule has 0 spiro atoms. The first-order valence-electron chi connectivity index (χ1n) is 12.3. The maximum absolute atomic E-state index is 2.30. The summed E-state index contributed by atoms with van der Waals surface area (Å²) in [5.41, 5.74) is 1.50. The smallest absolute Gasteiger partial charge is 0.0140 e. The van der Waals surface area contributed by atoms with Gasteiger partial charge in [-0.3, -0.25) is 0 Å². The SMILES string of the molecule is CCCCCCCCCCCCCCCCCCc1ccccc1.CN(C)C.Cl.N. The topological polar surface area (TPSA) is 38.2 Å². The maximum atomic E-state index is 2.30. The summed E-state index contributed by atoms with van der Waals surface area (Å²) in [6.07, 6.45) is 24.4. The van der Waals surface area contributed by atoms with Gasteiger partial charge in [-0.1, -0.05) is 134 Å². The average molecular weight is 443 g/mol. The van der Waals surface area contributed by atoms with Crippen LogP contribution in [0.15, 0.2) is 30.3 Å². The number of benzene rings is 1. The van der Waals surface area contributed by atoms with Crippen molar-refractivity contribution in [1.29, 1.82) is 0 Å². The minimum atomic E-state index is 0. The lowest BCUT2D eigenvalue weighted by Crippen LogP contribution is -1.99. The van der Waals surface area contributed by atoms with Gasteiger partial charge in [0, 0.05) is 0 Å². The normalized spacial score (nSPS) is 10.0. The molecule has 0 fully saturated rings. The van der Waals surface area contributed by atoms with Gasteiger partial charge in [0.1, 0.15) is 0 Å². The molecule has 0 unspecified atom stereocenters. The minimum Gasteiger partial charge on any atom is -0.344 e. The highest BCUT2D eigenvalue weighted by Gasteiger charge is 1.95. The number of nitrogens with zero attached hydrogens (tertiary/aromatic N) is 1. The van der Waals surface area contributed by atoms with E-state index in [4.69, 9.17) is 0 Å². The number of rotatable bonds is 17. The fourth-order valence-electron chi connectivity index (χ4n) is 3.52. The highest BCUT2D eigenvalue weighted by Crippen LogP contribution is 2.14. The minimum absolute atomic E-state index is 0. The summed E-state index contributed by atoms with van der Waals surface area (Å²) in [5.74, 6) is 0. The molecule has 1 rings (SSSR count). The zero-order valence-electron chi connectivity index (χ0n) is 21.0. The molecule has 0 aliphatic carbocycles. The Balaban J connectivity index is -0.00000111. The van der Waals surface area contributed by atoms with Crippen molar-refractivity contribution in [2.75, 3.05) is 21.1 Å². The molecule has 0 saturated heterocycles. The van der Waals surface area contributed by atoms with E-state index >= 15 is 0 Å². The van der Waals surface area contributed by atoms with Gasteiger partial charge in [-0.2, -0.15) is 0 Å². The first-order chi connectivity index (χ1) is 13.7. The molecule has 0 aliphatic rings. The zero-order chi connectivity index (χ0) is 20.7. The third-order valence-corrected chi connectivity index (χ3v) is 5.16. The number of hydrogen-bond donors (Lipinski definition) is 1.